The lowest BCUT2D eigenvalue weighted by Gasteiger charge is -2.37. The molecule has 0 aliphatic rings. The van der Waals surface area contributed by atoms with Gasteiger partial charge in [-0.15, -0.1) is 0 Å². The molecule has 0 aliphatic carbocycles. The van der Waals surface area contributed by atoms with Crippen molar-refractivity contribution in [2.75, 3.05) is 0 Å². The molecule has 1 unspecified atom stereocenters. The number of carbonyl (C=O) groups is 2. The van der Waals surface area contributed by atoms with Gasteiger partial charge in [0, 0.05) is 5.56 Å². The van der Waals surface area contributed by atoms with Crippen LogP contribution in [0.25, 0.3) is 0 Å². The van der Waals surface area contributed by atoms with Crippen LogP contribution >= 0.6 is 0 Å². The second-order valence-electron chi connectivity index (χ2n) is 7.04. The van der Waals surface area contributed by atoms with Crippen LogP contribution in [-0.4, -0.2) is 28.0 Å². The van der Waals surface area contributed by atoms with Crippen molar-refractivity contribution in [3.63, 3.8) is 0 Å². The third-order valence-electron chi connectivity index (χ3n) is 4.25. The van der Waals surface area contributed by atoms with E-state index in [2.05, 4.69) is 5.43 Å². The minimum absolute atomic E-state index is 0.118. The Kier molecular flexibility index (Phi) is 5.47. The molecule has 0 saturated heterocycles. The van der Waals surface area contributed by atoms with Gasteiger partial charge in [-0.3, -0.25) is 15.0 Å². The lowest BCUT2D eigenvalue weighted by molar-refractivity contribution is 0.0334. The van der Waals surface area contributed by atoms with Crippen LogP contribution in [0.1, 0.15) is 48.4 Å². The average molecular weight is 340 g/mol. The zero-order chi connectivity index (χ0) is 18.6. The number of nitrogens with zero attached hydrogens (tertiary/aromatic N) is 1. The molecular formula is C20H24N2O3. The summed E-state index contributed by atoms with van der Waals surface area (Å²) in [5.41, 5.74) is 3.03. The number of nitrogens with one attached hydrogen (secondary N) is 1. The van der Waals surface area contributed by atoms with E-state index in [1.807, 2.05) is 33.8 Å². The second kappa shape index (κ2) is 7.38. The second-order valence-corrected chi connectivity index (χ2v) is 7.04. The Morgan fingerprint density at radius 3 is 2.12 bits per heavy atom. The molecule has 0 saturated carbocycles. The minimum atomic E-state index is -0.454. The van der Waals surface area contributed by atoms with Gasteiger partial charge in [0.05, 0.1) is 11.6 Å². The molecule has 2 aromatic carbocycles. The monoisotopic (exact) mass is 340 g/mol. The molecule has 0 heterocycles. The number of benzene rings is 2. The highest BCUT2D eigenvalue weighted by atomic mass is 16.3. The van der Waals surface area contributed by atoms with Crippen molar-refractivity contribution in [3.05, 3.63) is 65.7 Å². The Hall–Kier alpha value is -2.82. The summed E-state index contributed by atoms with van der Waals surface area (Å²) in [4.78, 5) is 25.5. The van der Waals surface area contributed by atoms with Crippen LogP contribution in [0.2, 0.25) is 0 Å². The van der Waals surface area contributed by atoms with Gasteiger partial charge in [0.15, 0.2) is 0 Å². The number of aromatic hydroxyl groups is 1. The lowest BCUT2D eigenvalue weighted by Crippen LogP contribution is -2.55. The molecule has 0 aromatic heterocycles. The largest absolute Gasteiger partial charge is 0.507 e. The van der Waals surface area contributed by atoms with Gasteiger partial charge in [-0.2, -0.15) is 0 Å². The van der Waals surface area contributed by atoms with Crippen LogP contribution in [0.4, 0.5) is 0 Å². The van der Waals surface area contributed by atoms with E-state index in [1.165, 1.54) is 17.1 Å². The van der Waals surface area contributed by atoms with Crippen molar-refractivity contribution < 1.29 is 14.7 Å². The molecule has 0 bridgehead atoms. The molecule has 0 spiro atoms. The van der Waals surface area contributed by atoms with Crippen LogP contribution in [0.5, 0.6) is 5.75 Å². The topological polar surface area (TPSA) is 69.6 Å². The van der Waals surface area contributed by atoms with Crippen LogP contribution in [0, 0.1) is 5.41 Å². The smallest absolute Gasteiger partial charge is 0.276 e. The van der Waals surface area contributed by atoms with Gasteiger partial charge in [-0.25, -0.2) is 5.01 Å². The number of hydrogen-bond donors (Lipinski definition) is 2. The Morgan fingerprint density at radius 1 is 1.00 bits per heavy atom. The summed E-state index contributed by atoms with van der Waals surface area (Å²) in [6.45, 7) is 7.82. The average Bonchev–Trinajstić information content (AvgIpc) is 2.58. The van der Waals surface area contributed by atoms with E-state index in [0.717, 1.165) is 0 Å². The van der Waals surface area contributed by atoms with Gasteiger partial charge in [-0.1, -0.05) is 51.1 Å². The van der Waals surface area contributed by atoms with Crippen LogP contribution < -0.4 is 5.43 Å². The molecule has 25 heavy (non-hydrogen) atoms. The summed E-state index contributed by atoms with van der Waals surface area (Å²) in [6, 6.07) is 14.7. The fourth-order valence-electron chi connectivity index (χ4n) is 2.26. The van der Waals surface area contributed by atoms with Crippen LogP contribution in [-0.2, 0) is 0 Å². The van der Waals surface area contributed by atoms with Gasteiger partial charge in [0.25, 0.3) is 11.8 Å². The fraction of sp³-hybridized carbons (Fsp3) is 0.300. The number of phenolic OH excluding ortho intramolecular Hbond substituents is 1. The molecule has 0 radical (unpaired) electrons. The fourth-order valence-corrected chi connectivity index (χ4v) is 2.26. The SMILES string of the molecule is CC(N(NC(=O)c1ccccc1)C(=O)c1ccccc1O)C(C)(C)C. The normalized spacial score (nSPS) is 12.3. The Balaban J connectivity index is 2.35. The highest BCUT2D eigenvalue weighted by Crippen LogP contribution is 2.26. The van der Waals surface area contributed by atoms with E-state index < -0.39 is 5.91 Å². The summed E-state index contributed by atoms with van der Waals surface area (Å²) >= 11 is 0. The molecule has 1 atom stereocenters. The number of carbonyl (C=O) groups excluding carboxylic acids is 2. The predicted octanol–water partition coefficient (Wildman–Crippen LogP) is 3.61. The number of hydrogen-bond acceptors (Lipinski definition) is 3. The molecule has 2 aromatic rings. The molecule has 2 N–H and O–H groups in total. The summed E-state index contributed by atoms with van der Waals surface area (Å²) in [5.74, 6) is -0.946. The number of amides is 2. The Morgan fingerprint density at radius 2 is 1.56 bits per heavy atom. The molecule has 5 heteroatoms. The highest BCUT2D eigenvalue weighted by Gasteiger charge is 2.32. The van der Waals surface area contributed by atoms with Gasteiger partial charge in [-0.05, 0) is 36.6 Å². The van der Waals surface area contributed by atoms with E-state index in [0.29, 0.717) is 5.56 Å². The minimum Gasteiger partial charge on any atom is -0.507 e. The van der Waals surface area contributed by atoms with Crippen molar-refractivity contribution in [2.45, 2.75) is 33.7 Å². The highest BCUT2D eigenvalue weighted by molar-refractivity contribution is 6.00. The molecule has 0 fully saturated rings. The van der Waals surface area contributed by atoms with Gasteiger partial charge >= 0.3 is 0 Å². The molecule has 2 rings (SSSR count). The van der Waals surface area contributed by atoms with Crippen molar-refractivity contribution in [1.82, 2.24) is 10.4 Å². The van der Waals surface area contributed by atoms with Gasteiger partial charge in [0.1, 0.15) is 5.75 Å². The maximum atomic E-state index is 13.0. The maximum absolute atomic E-state index is 13.0. The third kappa shape index (κ3) is 4.38. The quantitative estimate of drug-likeness (QED) is 0.839. The molecule has 0 aliphatic heterocycles. The molecular weight excluding hydrogens is 316 g/mol. The molecule has 2 amide bonds. The zero-order valence-corrected chi connectivity index (χ0v) is 15.0. The van der Waals surface area contributed by atoms with Crippen molar-refractivity contribution >= 4 is 11.8 Å². The maximum Gasteiger partial charge on any atom is 0.276 e. The molecule has 132 valence electrons. The van der Waals surface area contributed by atoms with E-state index in [9.17, 15) is 14.7 Å². The number of para-hydroxylation sites is 1. The van der Waals surface area contributed by atoms with Crippen LogP contribution in [0.3, 0.4) is 0 Å². The van der Waals surface area contributed by atoms with Crippen molar-refractivity contribution in [3.8, 4) is 5.75 Å². The Labute approximate surface area is 148 Å². The summed E-state index contributed by atoms with van der Waals surface area (Å²) in [6.07, 6.45) is 0. The number of rotatable bonds is 3. The van der Waals surface area contributed by atoms with E-state index in [-0.39, 0.29) is 28.7 Å². The first-order chi connectivity index (χ1) is 11.7. The van der Waals surface area contributed by atoms with E-state index >= 15 is 0 Å². The predicted molar refractivity (Wildman–Crippen MR) is 97.1 cm³/mol. The third-order valence-corrected chi connectivity index (χ3v) is 4.25. The van der Waals surface area contributed by atoms with Gasteiger partial charge in [0.2, 0.25) is 0 Å². The number of phenols is 1. The van der Waals surface area contributed by atoms with Gasteiger partial charge < -0.3 is 5.11 Å². The first-order valence-electron chi connectivity index (χ1n) is 8.19. The van der Waals surface area contributed by atoms with Crippen molar-refractivity contribution in [2.24, 2.45) is 5.41 Å². The molecule has 5 nitrogen and oxygen atoms in total. The van der Waals surface area contributed by atoms with Crippen LogP contribution in [0.15, 0.2) is 54.6 Å². The van der Waals surface area contributed by atoms with Crippen molar-refractivity contribution in [1.29, 1.82) is 0 Å². The lowest BCUT2D eigenvalue weighted by atomic mass is 9.87. The first-order valence-corrected chi connectivity index (χ1v) is 8.19. The first kappa shape index (κ1) is 18.5. The Bertz CT molecular complexity index is 751. The standard InChI is InChI=1S/C20H24N2O3/c1-14(20(2,3)4)22(19(25)16-12-8-9-13-17(16)23)21-18(24)15-10-6-5-7-11-15/h5-14,23H,1-4H3,(H,21,24). The number of hydrazine groups is 1. The summed E-state index contributed by atoms with van der Waals surface area (Å²) in [7, 11) is 0. The summed E-state index contributed by atoms with van der Waals surface area (Å²) in [5, 5.41) is 11.3. The van der Waals surface area contributed by atoms with E-state index in [1.54, 1.807) is 36.4 Å². The zero-order valence-electron chi connectivity index (χ0n) is 15.0. The summed E-state index contributed by atoms with van der Waals surface area (Å²) < 4.78 is 0. The van der Waals surface area contributed by atoms with E-state index in [4.69, 9.17) is 0 Å².